The molecule has 0 spiro atoms. The number of carbonyl (C=O) groups excluding carboxylic acids is 8. The summed E-state index contributed by atoms with van der Waals surface area (Å²) in [5.41, 5.74) is 22.8. The number of thioether (sulfide) groups is 1. The van der Waals surface area contributed by atoms with Gasteiger partial charge in [0.15, 0.2) is 0 Å². The Balaban J connectivity index is 6.59. The number of hydrogen-bond donors (Lipinski definition) is 12. The van der Waals surface area contributed by atoms with Crippen molar-refractivity contribution in [1.82, 2.24) is 31.9 Å². The second kappa shape index (κ2) is 49.2. The fourth-order valence-corrected chi connectivity index (χ4v) is 9.29. The van der Waals surface area contributed by atoms with Crippen molar-refractivity contribution in [3.63, 3.8) is 0 Å². The Kier molecular flexibility index (Phi) is 46.3. The number of unbranched alkanes of at least 4 members (excludes halogenated alkanes) is 14. The summed E-state index contributed by atoms with van der Waals surface area (Å²) in [6, 6.07) is -7.83. The van der Waals surface area contributed by atoms with Crippen LogP contribution in [0.15, 0.2) is 0 Å². The average Bonchev–Trinajstić information content (AvgIpc) is 3.42. The van der Waals surface area contributed by atoms with Crippen LogP contribution in [0.3, 0.4) is 0 Å². The van der Waals surface area contributed by atoms with Crippen LogP contribution in [0.1, 0.15) is 201 Å². The number of carbonyl (C=O) groups is 9. The van der Waals surface area contributed by atoms with Gasteiger partial charge in [0, 0.05) is 30.8 Å². The first-order valence-corrected chi connectivity index (χ1v) is 30.6. The molecule has 458 valence electrons. The molecule has 0 fully saturated rings. The number of amides is 6. The van der Waals surface area contributed by atoms with Gasteiger partial charge in [-0.2, -0.15) is 11.8 Å². The zero-order chi connectivity index (χ0) is 59.1. The molecule has 24 heteroatoms. The van der Waals surface area contributed by atoms with Crippen LogP contribution < -0.4 is 54.8 Å². The normalized spacial score (nSPS) is 13.8. The zero-order valence-electron chi connectivity index (χ0n) is 48.1. The van der Waals surface area contributed by atoms with Gasteiger partial charge in [-0.05, 0) is 122 Å². The molecule has 0 saturated heterocycles. The number of nitrogens with one attached hydrogen (secondary N) is 6. The molecule has 0 saturated carbocycles. The molecule has 0 aromatic carbocycles. The molecular weight excluding hydrogens is 1040 g/mol. The van der Waals surface area contributed by atoms with Gasteiger partial charge < -0.3 is 74.5 Å². The topological polar surface area (TPSA) is 389 Å². The summed E-state index contributed by atoms with van der Waals surface area (Å²) in [7, 11) is 0. The largest absolute Gasteiger partial charge is 0.480 e. The highest BCUT2D eigenvalue weighted by molar-refractivity contribution is 7.99. The summed E-state index contributed by atoms with van der Waals surface area (Å²) in [5, 5.41) is 36.2. The molecule has 23 nitrogen and oxygen atoms in total. The second-order valence-electron chi connectivity index (χ2n) is 20.2. The SMILES string of the molecule is CCCCCCCCCC(=O)N[C@H](CSCC(COC(=O)CCCCC)OC(=O)CCCCC)C(=O)N[C@@H](CO)C(=O)N[C@@H](CCCCN)C(=O)N[C@@H](CCCCN)C(=O)N[C@@H](CCCCN)C(=O)N[C@@H](CCCCN)C(=O)O. The molecule has 0 aliphatic carbocycles. The first-order valence-electron chi connectivity index (χ1n) is 29.4. The second-order valence-corrected chi connectivity index (χ2v) is 21.3. The molecular formula is C55H104N10O13S. The molecule has 0 radical (unpaired) electrons. The monoisotopic (exact) mass is 1140 g/mol. The number of esters is 2. The van der Waals surface area contributed by atoms with Gasteiger partial charge in [-0.3, -0.25) is 38.4 Å². The number of hydrogen-bond acceptors (Lipinski definition) is 17. The zero-order valence-corrected chi connectivity index (χ0v) is 48.9. The Bertz CT molecular complexity index is 1720. The summed E-state index contributed by atoms with van der Waals surface area (Å²) in [6.07, 6.45) is 15.1. The van der Waals surface area contributed by atoms with Crippen LogP contribution in [-0.4, -0.2) is 157 Å². The summed E-state index contributed by atoms with van der Waals surface area (Å²) in [5.74, 6) is -6.52. The van der Waals surface area contributed by atoms with Crippen molar-refractivity contribution in [2.24, 2.45) is 22.9 Å². The maximum absolute atomic E-state index is 14.2. The first-order chi connectivity index (χ1) is 38.0. The Labute approximate surface area is 474 Å². The minimum absolute atomic E-state index is 0.0369. The van der Waals surface area contributed by atoms with Crippen molar-refractivity contribution in [2.75, 3.05) is 50.9 Å². The number of aliphatic hydroxyl groups excluding tert-OH is 1. The van der Waals surface area contributed by atoms with Crippen LogP contribution in [0.25, 0.3) is 0 Å². The number of carboxylic acids is 1. The molecule has 79 heavy (non-hydrogen) atoms. The number of rotatable bonds is 52. The van der Waals surface area contributed by atoms with Crippen LogP contribution in [0.5, 0.6) is 0 Å². The molecule has 0 aromatic heterocycles. The van der Waals surface area contributed by atoms with E-state index < -0.39 is 102 Å². The number of ether oxygens (including phenoxy) is 2. The lowest BCUT2D eigenvalue weighted by atomic mass is 10.0. The van der Waals surface area contributed by atoms with Gasteiger partial charge >= 0.3 is 17.9 Å². The van der Waals surface area contributed by atoms with Crippen molar-refractivity contribution < 1.29 is 62.8 Å². The molecule has 6 amide bonds. The van der Waals surface area contributed by atoms with E-state index >= 15 is 0 Å². The molecule has 0 heterocycles. The highest BCUT2D eigenvalue weighted by Gasteiger charge is 2.33. The highest BCUT2D eigenvalue weighted by Crippen LogP contribution is 2.15. The fourth-order valence-electron chi connectivity index (χ4n) is 8.26. The van der Waals surface area contributed by atoms with E-state index in [0.717, 1.165) is 76.0 Å². The number of nitrogens with two attached hydrogens (primary N) is 4. The number of aliphatic hydroxyl groups is 1. The summed E-state index contributed by atoms with van der Waals surface area (Å²) in [4.78, 5) is 121. The maximum Gasteiger partial charge on any atom is 0.326 e. The molecule has 0 bridgehead atoms. The Morgan fingerprint density at radius 1 is 0.418 bits per heavy atom. The van der Waals surface area contributed by atoms with E-state index in [-0.39, 0.29) is 76.1 Å². The van der Waals surface area contributed by atoms with Crippen molar-refractivity contribution in [3.8, 4) is 0 Å². The predicted octanol–water partition coefficient (Wildman–Crippen LogP) is 2.98. The van der Waals surface area contributed by atoms with Crippen molar-refractivity contribution >= 4 is 65.1 Å². The molecule has 1 unspecified atom stereocenters. The van der Waals surface area contributed by atoms with Crippen LogP contribution in [0.2, 0.25) is 0 Å². The van der Waals surface area contributed by atoms with Gasteiger partial charge in [-0.25, -0.2) is 4.79 Å². The molecule has 7 atom stereocenters. The van der Waals surface area contributed by atoms with Crippen LogP contribution in [0, 0.1) is 0 Å². The van der Waals surface area contributed by atoms with E-state index in [1.165, 1.54) is 0 Å². The van der Waals surface area contributed by atoms with E-state index in [4.69, 9.17) is 32.4 Å². The summed E-state index contributed by atoms with van der Waals surface area (Å²) in [6.45, 7) is 6.25. The molecule has 0 rings (SSSR count). The molecule has 0 aromatic rings. The predicted molar refractivity (Wildman–Crippen MR) is 307 cm³/mol. The van der Waals surface area contributed by atoms with Crippen LogP contribution in [-0.2, 0) is 52.6 Å². The minimum atomic E-state index is -1.62. The van der Waals surface area contributed by atoms with E-state index in [0.29, 0.717) is 83.7 Å². The Morgan fingerprint density at radius 2 is 0.785 bits per heavy atom. The van der Waals surface area contributed by atoms with Gasteiger partial charge in [0.1, 0.15) is 49.0 Å². The van der Waals surface area contributed by atoms with Crippen molar-refractivity contribution in [2.45, 2.75) is 243 Å². The standard InChI is InChI=1S/C55H104N10O13S/c1-4-7-10-11-12-13-16-29-47(67)60-46(39-79-38-40(78-49(69)31-15-9-6-3)37-77-48(68)30-14-8-5-2)54(74)65-45(36-66)53(73)63-42(26-18-22-33-57)51(71)61-41(25-17-21-32-56)50(70)62-43(27-19-23-34-58)52(72)64-44(55(75)76)28-20-24-35-59/h40-46,66H,4-39,56-59H2,1-3H3,(H,60,67)(H,61,71)(H,62,70)(H,63,73)(H,64,72)(H,65,74)(H,75,76)/t40?,41-,42-,43-,44-,45-,46+/m0/s1. The number of carboxylic acid groups (broad SMARTS) is 1. The van der Waals surface area contributed by atoms with E-state index in [1.54, 1.807) is 0 Å². The van der Waals surface area contributed by atoms with Gasteiger partial charge in [0.25, 0.3) is 0 Å². The van der Waals surface area contributed by atoms with E-state index in [1.807, 2.05) is 13.8 Å². The average molecular weight is 1150 g/mol. The van der Waals surface area contributed by atoms with Gasteiger partial charge in [-0.1, -0.05) is 85.0 Å². The molecule has 16 N–H and O–H groups in total. The fraction of sp³-hybridized carbons (Fsp3) is 0.836. The highest BCUT2D eigenvalue weighted by atomic mass is 32.2. The Morgan fingerprint density at radius 3 is 1.23 bits per heavy atom. The van der Waals surface area contributed by atoms with E-state index in [2.05, 4.69) is 38.8 Å². The molecule has 0 aliphatic rings. The summed E-state index contributed by atoms with van der Waals surface area (Å²) < 4.78 is 11.2. The van der Waals surface area contributed by atoms with Crippen molar-refractivity contribution in [3.05, 3.63) is 0 Å². The smallest absolute Gasteiger partial charge is 0.326 e. The third-order valence-corrected chi connectivity index (χ3v) is 14.2. The van der Waals surface area contributed by atoms with Crippen LogP contribution >= 0.6 is 11.8 Å². The third-order valence-electron chi connectivity index (χ3n) is 13.1. The lowest BCUT2D eigenvalue weighted by molar-refractivity contribution is -0.157. The van der Waals surface area contributed by atoms with Gasteiger partial charge in [0.2, 0.25) is 35.4 Å². The third kappa shape index (κ3) is 37.9. The Hall–Kier alpha value is -4.62. The lowest BCUT2D eigenvalue weighted by Gasteiger charge is -2.27. The minimum Gasteiger partial charge on any atom is -0.480 e. The van der Waals surface area contributed by atoms with Gasteiger partial charge in [-0.15, -0.1) is 0 Å². The first kappa shape index (κ1) is 74.4. The maximum atomic E-state index is 14.2. The summed E-state index contributed by atoms with van der Waals surface area (Å²) >= 11 is 1.16. The lowest BCUT2D eigenvalue weighted by Crippen LogP contribution is -2.60. The van der Waals surface area contributed by atoms with E-state index in [9.17, 15) is 53.4 Å². The molecule has 0 aliphatic heterocycles. The van der Waals surface area contributed by atoms with Crippen molar-refractivity contribution in [1.29, 1.82) is 0 Å². The van der Waals surface area contributed by atoms with Crippen LogP contribution in [0.4, 0.5) is 0 Å². The number of aliphatic carboxylic acids is 1. The van der Waals surface area contributed by atoms with Gasteiger partial charge in [0.05, 0.1) is 6.61 Å². The quantitative estimate of drug-likeness (QED) is 0.0308.